The predicted octanol–water partition coefficient (Wildman–Crippen LogP) is 5.88. The number of carbonyl (C=O) groups is 1. The molecule has 3 heterocycles. The van der Waals surface area contributed by atoms with Gasteiger partial charge in [-0.05, 0) is 74.7 Å². The lowest BCUT2D eigenvalue weighted by atomic mass is 10.0. The topological polar surface area (TPSA) is 88.4 Å². The van der Waals surface area contributed by atoms with Gasteiger partial charge in [0.05, 0.1) is 27.5 Å². The molecule has 0 radical (unpaired) electrons. The Morgan fingerprint density at radius 3 is 2.55 bits per heavy atom. The van der Waals surface area contributed by atoms with E-state index in [-0.39, 0.29) is 32.4 Å². The minimum atomic E-state index is -3.86. The van der Waals surface area contributed by atoms with Crippen LogP contribution < -0.4 is 9.21 Å². The summed E-state index contributed by atoms with van der Waals surface area (Å²) in [7, 11) is -3.86. The molecular weight excluding hydrogens is 580 g/mol. The van der Waals surface area contributed by atoms with E-state index in [1.807, 2.05) is 38.1 Å². The van der Waals surface area contributed by atoms with Gasteiger partial charge in [0, 0.05) is 30.4 Å². The molecule has 6 rings (SSSR count). The fourth-order valence-corrected chi connectivity index (χ4v) is 7.81. The molecule has 0 spiro atoms. The zero-order chi connectivity index (χ0) is 29.6. The van der Waals surface area contributed by atoms with Crippen LogP contribution in [0.1, 0.15) is 33.7 Å². The Morgan fingerprint density at radius 1 is 1.05 bits per heavy atom. The molecule has 42 heavy (non-hydrogen) atoms. The molecule has 0 atom stereocenters. The van der Waals surface area contributed by atoms with Gasteiger partial charge in [0.15, 0.2) is 10.9 Å². The molecule has 1 amide bonds. The Hall–Kier alpha value is -4.16. The van der Waals surface area contributed by atoms with Crippen LogP contribution in [0.5, 0.6) is 0 Å². The molecule has 216 valence electrons. The molecule has 2 aromatic heterocycles. The van der Waals surface area contributed by atoms with Crippen LogP contribution in [0.2, 0.25) is 0 Å². The number of hydrogen-bond acceptors (Lipinski definition) is 6. The number of anilines is 2. The fraction of sp³-hybridized carbons (Fsp3) is 0.233. The maximum atomic E-state index is 14.5. The quantitative estimate of drug-likeness (QED) is 0.231. The Morgan fingerprint density at radius 2 is 1.81 bits per heavy atom. The lowest BCUT2D eigenvalue weighted by molar-refractivity contribution is 0.0985. The Bertz CT molecular complexity index is 1920. The van der Waals surface area contributed by atoms with Crippen LogP contribution in [0.4, 0.5) is 19.6 Å². The molecule has 1 aliphatic heterocycles. The number of hydrogen-bond donors (Lipinski definition) is 0. The first-order chi connectivity index (χ1) is 20.1. The second-order valence-electron chi connectivity index (χ2n) is 10.2. The van der Waals surface area contributed by atoms with Crippen LogP contribution in [0.15, 0.2) is 71.6 Å². The van der Waals surface area contributed by atoms with Crippen molar-refractivity contribution < 1.29 is 22.0 Å². The highest BCUT2D eigenvalue weighted by Gasteiger charge is 2.30. The zero-order valence-corrected chi connectivity index (χ0v) is 24.6. The van der Waals surface area contributed by atoms with E-state index in [9.17, 15) is 22.0 Å². The summed E-state index contributed by atoms with van der Waals surface area (Å²) in [5.41, 5.74) is 3.58. The van der Waals surface area contributed by atoms with Gasteiger partial charge < -0.3 is 0 Å². The summed E-state index contributed by atoms with van der Waals surface area (Å²) in [6.45, 7) is 4.63. The molecule has 0 aliphatic carbocycles. The lowest BCUT2D eigenvalue weighted by Gasteiger charge is -2.30. The summed E-state index contributed by atoms with van der Waals surface area (Å²) >= 11 is 1.00. The third kappa shape index (κ3) is 5.16. The smallest absolute Gasteiger partial charge is 0.264 e. The molecular formula is C30H27F2N5O3S2. The summed E-state index contributed by atoms with van der Waals surface area (Å²) in [6.07, 6.45) is 1.52. The largest absolute Gasteiger partial charge is 0.282 e. The van der Waals surface area contributed by atoms with E-state index < -0.39 is 27.6 Å². The number of fused-ring (bicyclic) bond motifs is 2. The number of carbonyl (C=O) groups excluding carboxylic acids is 1. The highest BCUT2D eigenvalue weighted by molar-refractivity contribution is 7.92. The number of sulfonamides is 1. The van der Waals surface area contributed by atoms with Crippen molar-refractivity contribution in [3.8, 4) is 0 Å². The summed E-state index contributed by atoms with van der Waals surface area (Å²) in [6, 6.07) is 17.1. The third-order valence-electron chi connectivity index (χ3n) is 7.27. The summed E-state index contributed by atoms with van der Waals surface area (Å²) in [5, 5.41) is 4.65. The number of amides is 1. The molecule has 3 aromatic carbocycles. The SMILES string of the molecule is Cc1cc(C)n(CCN(C(=O)c2ccc(S(=O)(=O)N3CCCc4ccccc43)cc2)c2nc3c(F)cc(F)cc3s2)n1. The van der Waals surface area contributed by atoms with Crippen molar-refractivity contribution in [2.24, 2.45) is 0 Å². The second-order valence-corrected chi connectivity index (χ2v) is 13.0. The molecule has 0 fully saturated rings. The molecule has 0 bridgehead atoms. The number of para-hydroxylation sites is 1. The number of thiazole rings is 1. The van der Waals surface area contributed by atoms with Gasteiger partial charge in [-0.25, -0.2) is 22.2 Å². The van der Waals surface area contributed by atoms with Crippen molar-refractivity contribution in [3.63, 3.8) is 0 Å². The van der Waals surface area contributed by atoms with Crippen LogP contribution in [0.25, 0.3) is 10.2 Å². The normalized spacial score (nSPS) is 13.4. The van der Waals surface area contributed by atoms with Crippen molar-refractivity contribution in [2.75, 3.05) is 22.3 Å². The first-order valence-electron chi connectivity index (χ1n) is 13.4. The van der Waals surface area contributed by atoms with Crippen molar-refractivity contribution in [1.29, 1.82) is 0 Å². The van der Waals surface area contributed by atoms with E-state index in [0.29, 0.717) is 25.2 Å². The number of benzene rings is 3. The number of halogens is 2. The third-order valence-corrected chi connectivity index (χ3v) is 10.1. The maximum absolute atomic E-state index is 14.5. The highest BCUT2D eigenvalue weighted by atomic mass is 32.2. The van der Waals surface area contributed by atoms with Crippen molar-refractivity contribution in [2.45, 2.75) is 38.1 Å². The van der Waals surface area contributed by atoms with Gasteiger partial charge in [0.2, 0.25) is 0 Å². The molecule has 0 saturated heterocycles. The van der Waals surface area contributed by atoms with Gasteiger partial charge in [-0.3, -0.25) is 18.7 Å². The molecule has 1 aliphatic rings. The van der Waals surface area contributed by atoms with E-state index in [0.717, 1.165) is 40.8 Å². The van der Waals surface area contributed by atoms with Gasteiger partial charge >= 0.3 is 0 Å². The van der Waals surface area contributed by atoms with Gasteiger partial charge in [-0.1, -0.05) is 29.5 Å². The average molecular weight is 608 g/mol. The fourth-order valence-electron chi connectivity index (χ4n) is 5.24. The van der Waals surface area contributed by atoms with Crippen LogP contribution in [0, 0.1) is 25.5 Å². The summed E-state index contributed by atoms with van der Waals surface area (Å²) < 4.78 is 59.0. The van der Waals surface area contributed by atoms with Gasteiger partial charge in [-0.2, -0.15) is 5.10 Å². The van der Waals surface area contributed by atoms with Gasteiger partial charge in [-0.15, -0.1) is 0 Å². The van der Waals surface area contributed by atoms with Gasteiger partial charge in [0.25, 0.3) is 15.9 Å². The standard InChI is InChI=1S/C30H27F2N5O3S2/c1-19-16-20(2)36(34-19)15-14-35(30-33-28-25(32)17-23(31)18-27(28)41-30)29(38)22-9-11-24(12-10-22)42(39,40)37-13-5-7-21-6-3-4-8-26(21)37/h3-4,6,8-12,16-18H,5,7,13-15H2,1-2H3. The number of nitrogens with zero attached hydrogens (tertiary/aromatic N) is 5. The first kappa shape index (κ1) is 28.0. The molecule has 8 nitrogen and oxygen atoms in total. The van der Waals surface area contributed by atoms with E-state index in [1.165, 1.54) is 39.5 Å². The van der Waals surface area contributed by atoms with E-state index in [1.54, 1.807) is 10.7 Å². The average Bonchev–Trinajstić information content (AvgIpc) is 3.54. The minimum absolute atomic E-state index is 0.0245. The second kappa shape index (κ2) is 10.9. The molecule has 0 N–H and O–H groups in total. The van der Waals surface area contributed by atoms with Crippen molar-refractivity contribution in [3.05, 3.63) is 101 Å². The maximum Gasteiger partial charge on any atom is 0.264 e. The molecule has 5 aromatic rings. The molecule has 0 unspecified atom stereocenters. The lowest BCUT2D eigenvalue weighted by Crippen LogP contribution is -2.36. The summed E-state index contributed by atoms with van der Waals surface area (Å²) in [5.74, 6) is -2.00. The molecule has 0 saturated carbocycles. The van der Waals surface area contributed by atoms with E-state index >= 15 is 0 Å². The number of aromatic nitrogens is 3. The Labute approximate surface area is 245 Å². The highest BCUT2D eigenvalue weighted by Crippen LogP contribution is 2.34. The number of rotatable bonds is 7. The summed E-state index contributed by atoms with van der Waals surface area (Å²) in [4.78, 5) is 19.6. The van der Waals surface area contributed by atoms with Crippen LogP contribution in [-0.2, 0) is 23.0 Å². The predicted molar refractivity (Wildman–Crippen MR) is 159 cm³/mol. The first-order valence-corrected chi connectivity index (χ1v) is 15.7. The molecule has 12 heteroatoms. The van der Waals surface area contributed by atoms with Crippen LogP contribution >= 0.6 is 11.3 Å². The van der Waals surface area contributed by atoms with Crippen molar-refractivity contribution in [1.82, 2.24) is 14.8 Å². The Balaban J connectivity index is 1.32. The minimum Gasteiger partial charge on any atom is -0.282 e. The van der Waals surface area contributed by atoms with Crippen LogP contribution in [-0.4, -0.2) is 42.2 Å². The van der Waals surface area contributed by atoms with Gasteiger partial charge in [0.1, 0.15) is 11.3 Å². The van der Waals surface area contributed by atoms with E-state index in [2.05, 4.69) is 10.1 Å². The Kier molecular flexibility index (Phi) is 7.27. The van der Waals surface area contributed by atoms with E-state index in [4.69, 9.17) is 0 Å². The monoisotopic (exact) mass is 607 g/mol. The number of aryl methyl sites for hydroxylation is 3. The van der Waals surface area contributed by atoms with Crippen LogP contribution in [0.3, 0.4) is 0 Å². The zero-order valence-electron chi connectivity index (χ0n) is 22.9. The van der Waals surface area contributed by atoms with Crippen molar-refractivity contribution >= 4 is 48.3 Å².